The zero-order valence-corrected chi connectivity index (χ0v) is 13.7. The lowest BCUT2D eigenvalue weighted by Crippen LogP contribution is -2.42. The van der Waals surface area contributed by atoms with E-state index in [2.05, 4.69) is 11.6 Å². The average molecular weight is 340 g/mol. The van der Waals surface area contributed by atoms with Crippen molar-refractivity contribution in [3.8, 4) is 0 Å². The van der Waals surface area contributed by atoms with Gasteiger partial charge in [-0.05, 0) is 0 Å². The van der Waals surface area contributed by atoms with Gasteiger partial charge in [-0.1, -0.05) is 6.08 Å². The number of fused-ring (bicyclic) bond motifs is 1. The number of rotatable bonds is 5. The van der Waals surface area contributed by atoms with Crippen molar-refractivity contribution in [3.63, 3.8) is 0 Å². The lowest BCUT2D eigenvalue weighted by molar-refractivity contribution is -0.148. The fraction of sp³-hybridized carbons (Fsp3) is 0.571. The van der Waals surface area contributed by atoms with Crippen LogP contribution in [-0.2, 0) is 21.9 Å². The topological polar surface area (TPSA) is 95.7 Å². The highest BCUT2D eigenvalue weighted by molar-refractivity contribution is 7.89. The van der Waals surface area contributed by atoms with Crippen molar-refractivity contribution in [2.75, 3.05) is 32.7 Å². The molecular weight excluding hydrogens is 320 g/mol. The number of aryl methyl sites for hydroxylation is 1. The molecule has 2 aliphatic heterocycles. The Labute approximate surface area is 135 Å². The van der Waals surface area contributed by atoms with Crippen molar-refractivity contribution in [2.45, 2.75) is 5.03 Å². The van der Waals surface area contributed by atoms with E-state index >= 15 is 0 Å². The van der Waals surface area contributed by atoms with E-state index in [4.69, 9.17) is 0 Å². The summed E-state index contributed by atoms with van der Waals surface area (Å²) in [4.78, 5) is 17.8. The van der Waals surface area contributed by atoms with Gasteiger partial charge in [0.15, 0.2) is 5.03 Å². The first-order valence-electron chi connectivity index (χ1n) is 7.34. The summed E-state index contributed by atoms with van der Waals surface area (Å²) in [6.07, 6.45) is 4.59. The van der Waals surface area contributed by atoms with E-state index in [1.165, 1.54) is 16.8 Å². The van der Waals surface area contributed by atoms with Crippen LogP contribution < -0.4 is 0 Å². The summed E-state index contributed by atoms with van der Waals surface area (Å²) in [6.45, 7) is 5.38. The summed E-state index contributed by atoms with van der Waals surface area (Å²) < 4.78 is 28.2. The second kappa shape index (κ2) is 5.43. The Kier molecular flexibility index (Phi) is 3.81. The normalized spacial score (nSPS) is 28.8. The van der Waals surface area contributed by atoms with Crippen LogP contribution in [0.2, 0.25) is 0 Å². The van der Waals surface area contributed by atoms with Crippen molar-refractivity contribution >= 4 is 16.0 Å². The molecule has 2 fully saturated rings. The smallest absolute Gasteiger partial charge is 0.312 e. The molecule has 3 heterocycles. The maximum atomic E-state index is 12.7. The minimum Gasteiger partial charge on any atom is -0.481 e. The number of sulfonamides is 1. The lowest BCUT2D eigenvalue weighted by Gasteiger charge is -2.24. The fourth-order valence-electron chi connectivity index (χ4n) is 3.58. The highest BCUT2D eigenvalue weighted by Gasteiger charge is 2.59. The van der Waals surface area contributed by atoms with Crippen LogP contribution >= 0.6 is 0 Å². The van der Waals surface area contributed by atoms with Crippen LogP contribution in [0.25, 0.3) is 0 Å². The second-order valence-corrected chi connectivity index (χ2v) is 8.20. The Hall–Kier alpha value is -1.71. The number of hydrogen-bond donors (Lipinski definition) is 1. The number of carbonyl (C=O) groups is 1. The van der Waals surface area contributed by atoms with E-state index in [-0.39, 0.29) is 24.0 Å². The highest BCUT2D eigenvalue weighted by atomic mass is 32.2. The van der Waals surface area contributed by atoms with Gasteiger partial charge < -0.3 is 9.67 Å². The summed E-state index contributed by atoms with van der Waals surface area (Å²) in [7, 11) is -2.07. The van der Waals surface area contributed by atoms with Gasteiger partial charge >= 0.3 is 5.97 Å². The molecule has 1 N–H and O–H groups in total. The molecule has 0 spiro atoms. The number of carboxylic acid groups (broad SMARTS) is 1. The van der Waals surface area contributed by atoms with Gasteiger partial charge in [-0.15, -0.1) is 6.58 Å². The van der Waals surface area contributed by atoms with Gasteiger partial charge in [-0.3, -0.25) is 9.69 Å². The molecule has 0 bridgehead atoms. The number of hydrogen-bond acceptors (Lipinski definition) is 5. The zero-order valence-electron chi connectivity index (χ0n) is 12.9. The van der Waals surface area contributed by atoms with Crippen LogP contribution in [0.15, 0.2) is 30.2 Å². The summed E-state index contributed by atoms with van der Waals surface area (Å²) >= 11 is 0. The molecule has 8 nitrogen and oxygen atoms in total. The number of imidazole rings is 1. The van der Waals surface area contributed by atoms with Crippen molar-refractivity contribution in [1.29, 1.82) is 0 Å². The van der Waals surface area contributed by atoms with Gasteiger partial charge in [0.1, 0.15) is 0 Å². The van der Waals surface area contributed by atoms with Crippen LogP contribution in [0.5, 0.6) is 0 Å². The first-order chi connectivity index (χ1) is 10.8. The zero-order chi connectivity index (χ0) is 16.8. The molecular formula is C14H20N4O4S. The number of aliphatic carboxylic acids is 1. The van der Waals surface area contributed by atoms with E-state index in [0.29, 0.717) is 19.6 Å². The first kappa shape index (κ1) is 16.2. The minimum absolute atomic E-state index is 0.0143. The van der Waals surface area contributed by atoms with Gasteiger partial charge in [0.25, 0.3) is 10.0 Å². The molecule has 9 heteroatoms. The molecule has 0 aromatic carbocycles. The largest absolute Gasteiger partial charge is 0.481 e. The maximum Gasteiger partial charge on any atom is 0.312 e. The van der Waals surface area contributed by atoms with E-state index in [1.807, 2.05) is 4.90 Å². The van der Waals surface area contributed by atoms with Crippen molar-refractivity contribution in [3.05, 3.63) is 25.2 Å². The third kappa shape index (κ3) is 2.48. The molecule has 1 aromatic heterocycles. The number of carboxylic acids is 1. The summed E-state index contributed by atoms with van der Waals surface area (Å²) in [5.74, 6) is -1.16. The maximum absolute atomic E-state index is 12.7. The summed E-state index contributed by atoms with van der Waals surface area (Å²) in [6, 6.07) is 0. The third-order valence-electron chi connectivity index (χ3n) is 4.75. The minimum atomic E-state index is -3.76. The molecule has 2 aliphatic rings. The number of aromatic nitrogens is 2. The van der Waals surface area contributed by atoms with Gasteiger partial charge in [0.2, 0.25) is 0 Å². The molecule has 0 radical (unpaired) electrons. The van der Waals surface area contributed by atoms with Gasteiger partial charge in [-0.25, -0.2) is 13.4 Å². The van der Waals surface area contributed by atoms with Crippen LogP contribution in [0.4, 0.5) is 0 Å². The predicted octanol–water partition coefficient (Wildman–Crippen LogP) is -0.387. The van der Waals surface area contributed by atoms with Gasteiger partial charge in [-0.2, -0.15) is 4.31 Å². The molecule has 126 valence electrons. The van der Waals surface area contributed by atoms with E-state index in [1.54, 1.807) is 17.7 Å². The van der Waals surface area contributed by atoms with E-state index < -0.39 is 21.4 Å². The Morgan fingerprint density at radius 2 is 2.26 bits per heavy atom. The molecule has 3 rings (SSSR count). The molecule has 23 heavy (non-hydrogen) atoms. The summed E-state index contributed by atoms with van der Waals surface area (Å²) in [5.41, 5.74) is -1.05. The second-order valence-electron chi connectivity index (χ2n) is 6.32. The molecule has 1 aromatic rings. The predicted molar refractivity (Wildman–Crippen MR) is 82.2 cm³/mol. The van der Waals surface area contributed by atoms with Gasteiger partial charge in [0, 0.05) is 51.9 Å². The Balaban J connectivity index is 1.88. The molecule has 2 saturated heterocycles. The van der Waals surface area contributed by atoms with Crippen LogP contribution in [0.1, 0.15) is 0 Å². The van der Waals surface area contributed by atoms with Crippen molar-refractivity contribution in [1.82, 2.24) is 18.8 Å². The molecule has 0 unspecified atom stereocenters. The molecule has 0 aliphatic carbocycles. The molecule has 2 atom stereocenters. The first-order valence-corrected chi connectivity index (χ1v) is 8.78. The Morgan fingerprint density at radius 1 is 1.52 bits per heavy atom. The monoisotopic (exact) mass is 340 g/mol. The van der Waals surface area contributed by atoms with Crippen molar-refractivity contribution in [2.24, 2.45) is 18.4 Å². The quantitative estimate of drug-likeness (QED) is 0.734. The lowest BCUT2D eigenvalue weighted by atomic mass is 9.81. The molecule has 0 saturated carbocycles. The fourth-order valence-corrected chi connectivity index (χ4v) is 5.11. The molecule has 0 amide bonds. The number of nitrogens with zero attached hydrogens (tertiary/aromatic N) is 4. The van der Waals surface area contributed by atoms with Crippen LogP contribution in [0, 0.1) is 11.3 Å². The Morgan fingerprint density at radius 3 is 2.78 bits per heavy atom. The standard InChI is InChI=1S/C14H20N4O4S/c1-3-4-17-5-11-6-18(9-14(11,8-17)13(19)20)23(21,22)12-7-16(2)10-15-12/h3,7,10-11H,1,4-6,8-9H2,2H3,(H,19,20)/t11-,14-/m1/s1. The SMILES string of the molecule is C=CCN1C[C@@H]2CN(S(=O)(=O)c3cn(C)cn3)C[C@]2(C(=O)O)C1. The van der Waals surface area contributed by atoms with Gasteiger partial charge in [0.05, 0.1) is 11.7 Å². The van der Waals surface area contributed by atoms with Crippen LogP contribution in [-0.4, -0.2) is 71.0 Å². The van der Waals surface area contributed by atoms with Crippen LogP contribution in [0.3, 0.4) is 0 Å². The average Bonchev–Trinajstić information content (AvgIpc) is 3.11. The number of likely N-dealkylation sites (tertiary alicyclic amines) is 1. The Bertz CT molecular complexity index is 744. The summed E-state index contributed by atoms with van der Waals surface area (Å²) in [5, 5.41) is 9.69. The van der Waals surface area contributed by atoms with E-state index in [0.717, 1.165) is 0 Å². The van der Waals surface area contributed by atoms with E-state index in [9.17, 15) is 18.3 Å². The van der Waals surface area contributed by atoms with Crippen molar-refractivity contribution < 1.29 is 18.3 Å². The highest BCUT2D eigenvalue weighted by Crippen LogP contribution is 2.44. The third-order valence-corrected chi connectivity index (χ3v) is 6.44.